The Bertz CT molecular complexity index is 1830. The Hall–Kier alpha value is -3.89. The molecule has 1 unspecified atom stereocenters. The summed E-state index contributed by atoms with van der Waals surface area (Å²) in [6.45, 7) is 6.70. The first-order valence-electron chi connectivity index (χ1n) is 15.5. The zero-order chi connectivity index (χ0) is 41.4. The van der Waals surface area contributed by atoms with Crippen LogP contribution in [-0.2, 0) is 37.4 Å². The van der Waals surface area contributed by atoms with Crippen LogP contribution >= 0.6 is 18.8 Å². The molecule has 0 bridgehead atoms. The minimum atomic E-state index is -5.08. The molecule has 0 aliphatic heterocycles. The predicted octanol–water partition coefficient (Wildman–Crippen LogP) is 6.98. The van der Waals surface area contributed by atoms with Gasteiger partial charge >= 0.3 is 59.6 Å². The number of aryl methyl sites for hydroxylation is 1. The van der Waals surface area contributed by atoms with Crippen molar-refractivity contribution in [2.75, 3.05) is 45.2 Å². The fourth-order valence-corrected chi connectivity index (χ4v) is 4.90. The molecule has 4 rings (SSSR count). The van der Waals surface area contributed by atoms with Crippen molar-refractivity contribution in [2.45, 2.75) is 37.8 Å². The number of nitrogens with zero attached hydrogens (tertiary/aromatic N) is 2. The number of nitrogens with one attached hydrogen (secondary N) is 2. The standard InChI is InChI=1S/C30H37N6O.2C2HF3O2.2ClH.Pt/c1-4-27(33)30(37)34-15-18-36(2,3)17-8-16-35-28-20-23(32)12-14-25(28)24-13-11-22(31)19-26(24)29(35)21-9-6-5-7-10-21;2*3-2(4,5)1(6)7;;;/h5-7,9-14,19-20,27,32-33H,1,4,8,15-18,31H2,2-3H3,(H,34,37);2*(H,6,7);2*1H;/q-1;;;;;+4/p-1. The van der Waals surface area contributed by atoms with Gasteiger partial charge in [0.25, 0.3) is 0 Å². The number of aromatic nitrogens is 1. The number of fused-ring (bicyclic) bond motifs is 3. The van der Waals surface area contributed by atoms with E-state index in [1.165, 1.54) is 0 Å². The van der Waals surface area contributed by atoms with Crippen LogP contribution in [0.15, 0.2) is 66.7 Å². The van der Waals surface area contributed by atoms with Gasteiger partial charge in [0.1, 0.15) is 0 Å². The topological polar surface area (TPSA) is 183 Å². The second-order valence-corrected chi connectivity index (χ2v) is 15.3. The average Bonchev–Trinajstić information content (AvgIpc) is 3.08. The fourth-order valence-electron chi connectivity index (χ4n) is 4.90. The molecule has 0 saturated heterocycles. The summed E-state index contributed by atoms with van der Waals surface area (Å²) in [5.41, 5.74) is 25.1. The average molecular weight is 993 g/mol. The molecule has 0 fully saturated rings. The number of likely N-dealkylation sites (N-methyl/N-ethyl adjacent to an activating group) is 1. The third kappa shape index (κ3) is 15.8. The van der Waals surface area contributed by atoms with E-state index in [1.54, 1.807) is 0 Å². The zero-order valence-corrected chi connectivity index (χ0v) is 32.7. The van der Waals surface area contributed by atoms with Crippen molar-refractivity contribution in [3.05, 3.63) is 79.4 Å². The summed E-state index contributed by atoms with van der Waals surface area (Å²) >= 11 is -0.472. The number of amides is 1. The van der Waals surface area contributed by atoms with Crippen molar-refractivity contribution in [1.29, 1.82) is 0 Å². The number of nitrogens with two attached hydrogens (primary N) is 2. The van der Waals surface area contributed by atoms with Crippen LogP contribution in [0.3, 0.4) is 0 Å². The predicted molar refractivity (Wildman–Crippen MR) is 193 cm³/mol. The third-order valence-corrected chi connectivity index (χ3v) is 7.47. The molecule has 0 aliphatic rings. The van der Waals surface area contributed by atoms with E-state index in [1.807, 2.05) is 18.2 Å². The van der Waals surface area contributed by atoms with Gasteiger partial charge in [-0.25, -0.2) is 9.59 Å². The normalized spacial score (nSPS) is 12.0. The fraction of sp³-hybridized carbons (Fsp3) is 0.324. The molecule has 0 aliphatic carbocycles. The maximum absolute atomic E-state index is 11.9. The SMILES string of the molecule is O=C(O)C(F)(F)F.O=C(O)C(F)(F)F.[CH2-]CC([NH-])C(=O)NCC[N+](C)(C)CCC[n+]1c(-c2ccccc2)c2cc(N)ccc2c2ccc(N)cc21.[Cl][Pt+2][Cl]. The van der Waals surface area contributed by atoms with E-state index in [2.05, 4.69) is 79.4 Å². The van der Waals surface area contributed by atoms with Gasteiger partial charge in [-0.05, 0) is 36.4 Å². The number of anilines is 2. The van der Waals surface area contributed by atoms with Crippen molar-refractivity contribution < 1.29 is 76.5 Å². The molecule has 1 heterocycles. The van der Waals surface area contributed by atoms with Crippen molar-refractivity contribution in [2.24, 2.45) is 0 Å². The first-order valence-corrected chi connectivity index (χ1v) is 21.2. The minimum absolute atomic E-state index is 0.252. The van der Waals surface area contributed by atoms with Crippen LogP contribution in [0.25, 0.3) is 38.7 Å². The summed E-state index contributed by atoms with van der Waals surface area (Å²) in [4.78, 5) is 29.7. The second-order valence-electron chi connectivity index (χ2n) is 12.0. The number of carbonyl (C=O) groups excluding carboxylic acids is 1. The van der Waals surface area contributed by atoms with Gasteiger partial charge in [-0.3, -0.25) is 4.79 Å². The number of benzene rings is 3. The summed E-state index contributed by atoms with van der Waals surface area (Å²) in [6, 6.07) is 21.9. The van der Waals surface area contributed by atoms with Gasteiger partial charge in [0.2, 0.25) is 11.2 Å². The number of nitrogen functional groups attached to an aromatic ring is 2. The molecule has 4 aromatic rings. The number of quaternary nitrogens is 1. The second kappa shape index (κ2) is 21.9. The molecule has 0 saturated carbocycles. The van der Waals surface area contributed by atoms with Crippen molar-refractivity contribution >= 4 is 69.7 Å². The van der Waals surface area contributed by atoms with Crippen molar-refractivity contribution in [3.8, 4) is 11.3 Å². The van der Waals surface area contributed by atoms with Crippen LogP contribution in [0.2, 0.25) is 0 Å². The first-order chi connectivity index (χ1) is 25.0. The number of halogens is 8. The van der Waals surface area contributed by atoms with E-state index in [9.17, 15) is 31.1 Å². The Labute approximate surface area is 324 Å². The summed E-state index contributed by atoms with van der Waals surface area (Å²) in [5, 5.41) is 20.5. The summed E-state index contributed by atoms with van der Waals surface area (Å²) < 4.78 is 66.6. The third-order valence-electron chi connectivity index (χ3n) is 7.47. The molecule has 8 N–H and O–H groups in total. The maximum atomic E-state index is 11.9. The molecule has 1 amide bonds. The van der Waals surface area contributed by atoms with Crippen LogP contribution in [0.4, 0.5) is 37.7 Å². The van der Waals surface area contributed by atoms with E-state index >= 15 is 0 Å². The van der Waals surface area contributed by atoms with Gasteiger partial charge < -0.3 is 44.1 Å². The Morgan fingerprint density at radius 3 is 1.83 bits per heavy atom. The number of rotatable bonds is 10. The molecule has 0 radical (unpaired) electrons. The Morgan fingerprint density at radius 1 is 0.870 bits per heavy atom. The van der Waals surface area contributed by atoms with E-state index < -0.39 is 46.8 Å². The Balaban J connectivity index is 0.000000715. The monoisotopic (exact) mass is 991 g/mol. The first kappa shape index (κ1) is 48.1. The van der Waals surface area contributed by atoms with E-state index in [4.69, 9.17) is 55.8 Å². The van der Waals surface area contributed by atoms with Crippen LogP contribution < -0.4 is 21.4 Å². The molecule has 1 aromatic heterocycles. The molecule has 54 heavy (non-hydrogen) atoms. The molecule has 3 aromatic carbocycles. The molecular formula is C34H40Cl2F6N6O5Pt+2. The quantitative estimate of drug-likeness (QED) is 0.0284. The number of carboxylic acids is 2. The molecule has 11 nitrogen and oxygen atoms in total. The van der Waals surface area contributed by atoms with E-state index in [0.717, 1.165) is 74.8 Å². The van der Waals surface area contributed by atoms with Crippen molar-refractivity contribution in [3.63, 3.8) is 0 Å². The summed E-state index contributed by atoms with van der Waals surface area (Å²) in [5.74, 6) is -5.77. The van der Waals surface area contributed by atoms with Gasteiger partial charge in [-0.1, -0.05) is 30.3 Å². The number of carboxylic acid groups (broad SMARTS) is 2. The van der Waals surface area contributed by atoms with E-state index in [-0.39, 0.29) is 12.3 Å². The Kier molecular flexibility index (Phi) is 19.5. The number of hydrogen-bond acceptors (Lipinski definition) is 5. The summed E-state index contributed by atoms with van der Waals surface area (Å²) in [7, 11) is 14.1. The van der Waals surface area contributed by atoms with Gasteiger partial charge in [0, 0.05) is 28.4 Å². The van der Waals surface area contributed by atoms with Crippen LogP contribution in [0.5, 0.6) is 0 Å². The molecule has 1 atom stereocenters. The van der Waals surface area contributed by atoms with Gasteiger partial charge in [0.15, 0.2) is 12.5 Å². The molecule has 300 valence electrons. The number of hydrogen-bond donors (Lipinski definition) is 5. The molecular weight excluding hydrogens is 952 g/mol. The van der Waals surface area contributed by atoms with Gasteiger partial charge in [-0.2, -0.15) is 37.3 Å². The van der Waals surface area contributed by atoms with Crippen LogP contribution in [-0.4, -0.2) is 84.7 Å². The molecule has 20 heteroatoms. The van der Waals surface area contributed by atoms with Crippen LogP contribution in [0, 0.1) is 6.92 Å². The van der Waals surface area contributed by atoms with Gasteiger partial charge in [-0.15, -0.1) is 0 Å². The van der Waals surface area contributed by atoms with Gasteiger partial charge in [0.05, 0.1) is 50.9 Å². The van der Waals surface area contributed by atoms with Crippen molar-refractivity contribution in [1.82, 2.24) is 5.32 Å². The zero-order valence-electron chi connectivity index (χ0n) is 28.9. The Morgan fingerprint density at radius 2 is 1.35 bits per heavy atom. The molecule has 0 spiro atoms. The number of carbonyl (C=O) groups is 3. The number of aliphatic carboxylic acids is 2. The van der Waals surface area contributed by atoms with Crippen LogP contribution in [0.1, 0.15) is 12.8 Å². The van der Waals surface area contributed by atoms with E-state index in [0.29, 0.717) is 6.54 Å². The number of pyridine rings is 1. The number of alkyl halides is 6. The summed E-state index contributed by atoms with van der Waals surface area (Å²) in [6.07, 6.45) is -8.95.